The van der Waals surface area contributed by atoms with E-state index < -0.39 is 0 Å². The van der Waals surface area contributed by atoms with Crippen molar-refractivity contribution >= 4 is 0 Å². The molecule has 2 aliphatic carbocycles. The molecule has 0 heterocycles. The van der Waals surface area contributed by atoms with E-state index in [9.17, 15) is 0 Å². The second-order valence-electron chi connectivity index (χ2n) is 5.90. The third-order valence-corrected chi connectivity index (χ3v) is 4.51. The molecule has 1 unspecified atom stereocenters. The van der Waals surface area contributed by atoms with Crippen LogP contribution in [0.4, 0.5) is 0 Å². The van der Waals surface area contributed by atoms with Gasteiger partial charge < -0.3 is 0 Å². The fourth-order valence-corrected chi connectivity index (χ4v) is 2.90. The maximum absolute atomic E-state index is 2.42. The largest absolute Gasteiger partial charge is 0.0617 e. The molecule has 0 nitrogen and oxygen atoms in total. The van der Waals surface area contributed by atoms with Gasteiger partial charge in [0.1, 0.15) is 0 Å². The number of hydrogen-bond donors (Lipinski definition) is 0. The first-order chi connectivity index (χ1) is 7.75. The summed E-state index contributed by atoms with van der Waals surface area (Å²) < 4.78 is 0. The highest BCUT2D eigenvalue weighted by molar-refractivity contribution is 5.37. The van der Waals surface area contributed by atoms with Gasteiger partial charge in [-0.2, -0.15) is 0 Å². The number of rotatable bonds is 4. The highest BCUT2D eigenvalue weighted by atomic mass is 14.4. The van der Waals surface area contributed by atoms with Gasteiger partial charge in [-0.05, 0) is 73.5 Å². The summed E-state index contributed by atoms with van der Waals surface area (Å²) >= 11 is 0. The van der Waals surface area contributed by atoms with Crippen molar-refractivity contribution in [1.82, 2.24) is 0 Å². The van der Waals surface area contributed by atoms with Crippen molar-refractivity contribution in [2.75, 3.05) is 0 Å². The summed E-state index contributed by atoms with van der Waals surface area (Å²) in [6.45, 7) is 4.76. The van der Waals surface area contributed by atoms with Gasteiger partial charge in [0.15, 0.2) is 0 Å². The maximum atomic E-state index is 2.42. The number of hydrogen-bond acceptors (Lipinski definition) is 0. The van der Waals surface area contributed by atoms with E-state index in [-0.39, 0.29) is 0 Å². The van der Waals surface area contributed by atoms with E-state index in [4.69, 9.17) is 0 Å². The molecule has 0 spiro atoms. The fourth-order valence-electron chi connectivity index (χ4n) is 2.90. The lowest BCUT2D eigenvalue weighted by molar-refractivity contribution is 0.657. The highest BCUT2D eigenvalue weighted by Gasteiger charge is 2.30. The molecule has 0 heteroatoms. The monoisotopic (exact) mass is 214 g/mol. The first-order valence-corrected chi connectivity index (χ1v) is 6.84. The molecule has 1 aromatic rings. The van der Waals surface area contributed by atoms with Crippen molar-refractivity contribution in [2.24, 2.45) is 11.8 Å². The maximum Gasteiger partial charge on any atom is -0.0159 e. The van der Waals surface area contributed by atoms with Crippen LogP contribution in [0.1, 0.15) is 55.2 Å². The molecule has 2 fully saturated rings. The Morgan fingerprint density at radius 3 is 2.56 bits per heavy atom. The molecule has 0 radical (unpaired) electrons. The molecule has 0 aliphatic heterocycles. The van der Waals surface area contributed by atoms with E-state index >= 15 is 0 Å². The van der Waals surface area contributed by atoms with Gasteiger partial charge in [-0.1, -0.05) is 25.1 Å². The minimum Gasteiger partial charge on any atom is -0.0617 e. The van der Waals surface area contributed by atoms with Crippen LogP contribution in [0.5, 0.6) is 0 Å². The van der Waals surface area contributed by atoms with Gasteiger partial charge in [0.05, 0.1) is 0 Å². The predicted octanol–water partition coefficient (Wildman–Crippen LogP) is 4.46. The smallest absolute Gasteiger partial charge is 0.0159 e. The Hall–Kier alpha value is -0.780. The van der Waals surface area contributed by atoms with E-state index in [1.807, 2.05) is 0 Å². The fraction of sp³-hybridized carbons (Fsp3) is 0.625. The molecule has 86 valence electrons. The van der Waals surface area contributed by atoms with Crippen LogP contribution < -0.4 is 0 Å². The summed E-state index contributed by atoms with van der Waals surface area (Å²) in [7, 11) is 0. The Bertz CT molecular complexity index is 383. The minimum atomic E-state index is 0.791. The average Bonchev–Trinajstić information content (AvgIpc) is 3.15. The van der Waals surface area contributed by atoms with Crippen LogP contribution >= 0.6 is 0 Å². The van der Waals surface area contributed by atoms with Gasteiger partial charge in [-0.25, -0.2) is 0 Å². The average molecular weight is 214 g/mol. The lowest BCUT2D eigenvalue weighted by atomic mass is 9.88. The van der Waals surface area contributed by atoms with Crippen LogP contribution in [0.3, 0.4) is 0 Å². The van der Waals surface area contributed by atoms with Crippen molar-refractivity contribution in [3.63, 3.8) is 0 Å². The van der Waals surface area contributed by atoms with E-state index in [1.54, 1.807) is 16.7 Å². The zero-order valence-electron chi connectivity index (χ0n) is 10.5. The van der Waals surface area contributed by atoms with Crippen molar-refractivity contribution in [3.8, 4) is 0 Å². The molecule has 16 heavy (non-hydrogen) atoms. The van der Waals surface area contributed by atoms with E-state index in [0.29, 0.717) is 0 Å². The van der Waals surface area contributed by atoms with Gasteiger partial charge >= 0.3 is 0 Å². The van der Waals surface area contributed by atoms with Gasteiger partial charge in [-0.3, -0.25) is 0 Å². The Balaban J connectivity index is 1.85. The molecule has 0 bridgehead atoms. The van der Waals surface area contributed by atoms with Gasteiger partial charge in [0, 0.05) is 0 Å². The second-order valence-corrected chi connectivity index (χ2v) is 5.90. The summed E-state index contributed by atoms with van der Waals surface area (Å²) in [5.74, 6) is 2.78. The normalized spacial score (nSPS) is 22.1. The first-order valence-electron chi connectivity index (χ1n) is 6.84. The zero-order valence-corrected chi connectivity index (χ0v) is 10.5. The molecule has 0 saturated heterocycles. The molecule has 1 atom stereocenters. The lowest BCUT2D eigenvalue weighted by Gasteiger charge is -2.16. The Morgan fingerprint density at radius 1 is 1.19 bits per heavy atom. The summed E-state index contributed by atoms with van der Waals surface area (Å²) in [6, 6.07) is 6.98. The lowest BCUT2D eigenvalue weighted by Crippen LogP contribution is -2.02. The molecular weight excluding hydrogens is 192 g/mol. The molecule has 0 amide bonds. The van der Waals surface area contributed by atoms with E-state index in [2.05, 4.69) is 32.0 Å². The Kier molecular flexibility index (Phi) is 2.53. The number of benzene rings is 1. The third-order valence-electron chi connectivity index (χ3n) is 4.51. The molecule has 2 aliphatic rings. The van der Waals surface area contributed by atoms with Crippen molar-refractivity contribution in [1.29, 1.82) is 0 Å². The molecule has 2 saturated carbocycles. The summed E-state index contributed by atoms with van der Waals surface area (Å²) in [4.78, 5) is 0. The Morgan fingerprint density at radius 2 is 1.94 bits per heavy atom. The highest BCUT2D eigenvalue weighted by Crippen LogP contribution is 2.44. The van der Waals surface area contributed by atoms with E-state index in [0.717, 1.165) is 17.8 Å². The molecule has 0 N–H and O–H groups in total. The first kappa shape index (κ1) is 10.4. The second kappa shape index (κ2) is 3.91. The van der Waals surface area contributed by atoms with Crippen LogP contribution in [0, 0.1) is 18.8 Å². The molecular formula is C16H22. The van der Waals surface area contributed by atoms with Crippen molar-refractivity contribution in [2.45, 2.75) is 51.9 Å². The summed E-state index contributed by atoms with van der Waals surface area (Å²) in [5, 5.41) is 0. The van der Waals surface area contributed by atoms with Gasteiger partial charge in [0.2, 0.25) is 0 Å². The third kappa shape index (κ3) is 2.03. The van der Waals surface area contributed by atoms with Crippen LogP contribution in [-0.2, 0) is 6.42 Å². The topological polar surface area (TPSA) is 0 Å². The summed E-state index contributed by atoms with van der Waals surface area (Å²) in [6.07, 6.45) is 7.15. The van der Waals surface area contributed by atoms with Gasteiger partial charge in [-0.15, -0.1) is 0 Å². The van der Waals surface area contributed by atoms with Gasteiger partial charge in [0.25, 0.3) is 0 Å². The Labute approximate surface area is 99.1 Å². The SMILES string of the molecule is Cc1c(CC2CC2)cccc1C(C)C1CC1. The van der Waals surface area contributed by atoms with Crippen molar-refractivity contribution in [3.05, 3.63) is 34.9 Å². The van der Waals surface area contributed by atoms with Crippen LogP contribution in [0.2, 0.25) is 0 Å². The quantitative estimate of drug-likeness (QED) is 0.694. The van der Waals surface area contributed by atoms with Crippen LogP contribution in [-0.4, -0.2) is 0 Å². The van der Waals surface area contributed by atoms with Crippen LogP contribution in [0.25, 0.3) is 0 Å². The predicted molar refractivity (Wildman–Crippen MR) is 68.7 cm³/mol. The molecule has 1 aromatic carbocycles. The van der Waals surface area contributed by atoms with Crippen molar-refractivity contribution < 1.29 is 0 Å². The standard InChI is InChI=1S/C16H22/c1-11(14-8-9-14)16-5-3-4-15(12(16)2)10-13-6-7-13/h3-5,11,13-14H,6-10H2,1-2H3. The minimum absolute atomic E-state index is 0.791. The van der Waals surface area contributed by atoms with Crippen LogP contribution in [0.15, 0.2) is 18.2 Å². The molecule has 3 rings (SSSR count). The molecule has 0 aromatic heterocycles. The summed E-state index contributed by atoms with van der Waals surface area (Å²) in [5.41, 5.74) is 4.84. The van der Waals surface area contributed by atoms with E-state index in [1.165, 1.54) is 32.1 Å². The zero-order chi connectivity index (χ0) is 11.1.